The first kappa shape index (κ1) is 23.6. The fourth-order valence-corrected chi connectivity index (χ4v) is 5.44. The molecule has 170 valence electrons. The molecule has 0 aliphatic carbocycles. The summed E-state index contributed by atoms with van der Waals surface area (Å²) in [6.07, 6.45) is 1.47. The van der Waals surface area contributed by atoms with Gasteiger partial charge in [0.1, 0.15) is 23.7 Å². The Bertz CT molecular complexity index is 961. The van der Waals surface area contributed by atoms with Crippen molar-refractivity contribution in [2.24, 2.45) is 0 Å². The van der Waals surface area contributed by atoms with Crippen LogP contribution in [-0.2, 0) is 16.4 Å². The van der Waals surface area contributed by atoms with Crippen molar-refractivity contribution in [1.82, 2.24) is 10.0 Å². The molecular formula is C24H34N2O4S. The molecule has 2 aromatic rings. The monoisotopic (exact) mass is 446 g/mol. The van der Waals surface area contributed by atoms with Gasteiger partial charge in [-0.15, -0.1) is 0 Å². The number of rotatable bonds is 10. The molecule has 2 N–H and O–H groups in total. The van der Waals surface area contributed by atoms with E-state index in [0.717, 1.165) is 17.7 Å². The van der Waals surface area contributed by atoms with Gasteiger partial charge in [-0.05, 0) is 57.5 Å². The van der Waals surface area contributed by atoms with Gasteiger partial charge in [-0.1, -0.05) is 37.3 Å². The van der Waals surface area contributed by atoms with E-state index in [-0.39, 0.29) is 36.5 Å². The van der Waals surface area contributed by atoms with Gasteiger partial charge in [0.15, 0.2) is 0 Å². The number of nitrogens with one attached hydrogen (secondary N) is 2. The first-order chi connectivity index (χ1) is 14.8. The summed E-state index contributed by atoms with van der Waals surface area (Å²) in [6, 6.07) is 16.4. The summed E-state index contributed by atoms with van der Waals surface area (Å²) in [5, 5.41) is 3.46. The molecule has 2 atom stereocenters. The van der Waals surface area contributed by atoms with Gasteiger partial charge in [0, 0.05) is 18.0 Å². The average Bonchev–Trinajstić information content (AvgIpc) is 2.72. The van der Waals surface area contributed by atoms with Crippen molar-refractivity contribution in [3.8, 4) is 11.5 Å². The van der Waals surface area contributed by atoms with Crippen molar-refractivity contribution in [2.45, 2.75) is 51.2 Å². The number of sulfonamides is 1. The molecule has 1 aliphatic rings. The second-order valence-electron chi connectivity index (χ2n) is 8.53. The minimum absolute atomic E-state index is 0.122. The predicted molar refractivity (Wildman–Crippen MR) is 124 cm³/mol. The van der Waals surface area contributed by atoms with E-state index in [1.807, 2.05) is 38.2 Å². The average molecular weight is 447 g/mol. The molecule has 1 heterocycles. The second-order valence-corrected chi connectivity index (χ2v) is 10.5. The third-order valence-corrected chi connectivity index (χ3v) is 7.27. The number of likely N-dealkylation sites (N-methyl/N-ethyl adjacent to an activating group) is 1. The smallest absolute Gasteiger partial charge is 0.211 e. The molecule has 0 saturated heterocycles. The predicted octanol–water partition coefficient (Wildman–Crippen LogP) is 3.48. The Morgan fingerprint density at radius 1 is 1.13 bits per heavy atom. The highest BCUT2D eigenvalue weighted by atomic mass is 32.2. The maximum absolute atomic E-state index is 11.8. The van der Waals surface area contributed by atoms with E-state index < -0.39 is 10.0 Å². The Morgan fingerprint density at radius 3 is 2.55 bits per heavy atom. The lowest BCUT2D eigenvalue weighted by Crippen LogP contribution is -2.55. The molecule has 0 amide bonds. The first-order valence-electron chi connectivity index (χ1n) is 10.9. The summed E-state index contributed by atoms with van der Waals surface area (Å²) in [7, 11) is -1.25. The van der Waals surface area contributed by atoms with E-state index in [2.05, 4.69) is 48.2 Å². The van der Waals surface area contributed by atoms with Gasteiger partial charge < -0.3 is 14.8 Å². The van der Waals surface area contributed by atoms with Gasteiger partial charge in [0.2, 0.25) is 10.0 Å². The highest BCUT2D eigenvalue weighted by Gasteiger charge is 2.43. The molecule has 0 saturated carbocycles. The Kier molecular flexibility index (Phi) is 7.62. The second kappa shape index (κ2) is 10.0. The van der Waals surface area contributed by atoms with Crippen LogP contribution in [0.4, 0.5) is 0 Å². The quantitative estimate of drug-likeness (QED) is 0.547. The Morgan fingerprint density at radius 2 is 1.87 bits per heavy atom. The molecule has 0 spiro atoms. The van der Waals surface area contributed by atoms with Gasteiger partial charge in [-0.25, -0.2) is 13.1 Å². The molecular weight excluding hydrogens is 412 g/mol. The van der Waals surface area contributed by atoms with Crippen LogP contribution in [0, 0.1) is 0 Å². The SMILES string of the molecule is CCCS(=O)(=O)NCCOc1ccc2c(c1)[C@H](Cc1ccccc1)[C@@H](NC)C(C)(C)O2. The third-order valence-electron chi connectivity index (χ3n) is 5.68. The van der Waals surface area contributed by atoms with Gasteiger partial charge in [-0.3, -0.25) is 0 Å². The Balaban J connectivity index is 1.78. The van der Waals surface area contributed by atoms with Crippen LogP contribution in [0.1, 0.15) is 44.2 Å². The molecule has 0 radical (unpaired) electrons. The maximum atomic E-state index is 11.8. The summed E-state index contributed by atoms with van der Waals surface area (Å²) >= 11 is 0. The van der Waals surface area contributed by atoms with Crippen molar-refractivity contribution in [3.05, 3.63) is 59.7 Å². The van der Waals surface area contributed by atoms with Crippen LogP contribution in [0.2, 0.25) is 0 Å². The molecule has 1 aliphatic heterocycles. The van der Waals surface area contributed by atoms with Crippen LogP contribution in [0.3, 0.4) is 0 Å². The summed E-state index contributed by atoms with van der Waals surface area (Å²) in [5.74, 6) is 1.92. The van der Waals surface area contributed by atoms with Gasteiger partial charge >= 0.3 is 0 Å². The molecule has 7 heteroatoms. The van der Waals surface area contributed by atoms with Crippen molar-refractivity contribution < 1.29 is 17.9 Å². The minimum atomic E-state index is -3.23. The van der Waals surface area contributed by atoms with Crippen molar-refractivity contribution in [3.63, 3.8) is 0 Å². The van der Waals surface area contributed by atoms with Crippen LogP contribution < -0.4 is 19.5 Å². The summed E-state index contributed by atoms with van der Waals surface area (Å²) < 4.78 is 38.3. The lowest BCUT2D eigenvalue weighted by molar-refractivity contribution is 0.0364. The molecule has 0 fully saturated rings. The number of hydrogen-bond acceptors (Lipinski definition) is 5. The zero-order valence-electron chi connectivity index (χ0n) is 18.9. The number of ether oxygens (including phenoxy) is 2. The topological polar surface area (TPSA) is 76.7 Å². The standard InChI is InChI=1S/C24H34N2O4S/c1-5-15-31(27,28)26-13-14-29-19-11-12-22-20(17-19)21(16-18-9-7-6-8-10-18)23(25-4)24(2,3)30-22/h6-12,17,21,23,25-26H,5,13-16H2,1-4H3/t21-,23+/m0/s1. The number of hydrogen-bond donors (Lipinski definition) is 2. The van der Waals surface area contributed by atoms with E-state index in [1.165, 1.54) is 5.56 Å². The summed E-state index contributed by atoms with van der Waals surface area (Å²) in [6.45, 7) is 6.59. The van der Waals surface area contributed by atoms with Crippen LogP contribution >= 0.6 is 0 Å². The lowest BCUT2D eigenvalue weighted by atomic mass is 9.76. The normalized spacial score (nSPS) is 20.0. The van der Waals surface area contributed by atoms with Crippen molar-refractivity contribution in [2.75, 3.05) is 26.0 Å². The summed E-state index contributed by atoms with van der Waals surface area (Å²) in [5.41, 5.74) is 2.01. The van der Waals surface area contributed by atoms with E-state index in [9.17, 15) is 8.42 Å². The van der Waals surface area contributed by atoms with Crippen LogP contribution in [0.25, 0.3) is 0 Å². The van der Waals surface area contributed by atoms with Gasteiger partial charge in [0.25, 0.3) is 0 Å². The zero-order chi connectivity index (χ0) is 22.5. The van der Waals surface area contributed by atoms with E-state index in [1.54, 1.807) is 0 Å². The first-order valence-corrected chi connectivity index (χ1v) is 12.5. The van der Waals surface area contributed by atoms with Crippen LogP contribution in [0.15, 0.2) is 48.5 Å². The number of fused-ring (bicyclic) bond motifs is 1. The van der Waals surface area contributed by atoms with Gasteiger partial charge in [-0.2, -0.15) is 0 Å². The van der Waals surface area contributed by atoms with E-state index in [4.69, 9.17) is 9.47 Å². The molecule has 0 bridgehead atoms. The lowest BCUT2D eigenvalue weighted by Gasteiger charge is -2.45. The van der Waals surface area contributed by atoms with E-state index >= 15 is 0 Å². The summed E-state index contributed by atoms with van der Waals surface area (Å²) in [4.78, 5) is 0. The third kappa shape index (κ3) is 5.99. The Labute approximate surface area is 186 Å². The highest BCUT2D eigenvalue weighted by molar-refractivity contribution is 7.89. The molecule has 0 aromatic heterocycles. The van der Waals surface area contributed by atoms with Gasteiger partial charge in [0.05, 0.1) is 11.8 Å². The molecule has 31 heavy (non-hydrogen) atoms. The molecule has 2 aromatic carbocycles. The largest absolute Gasteiger partial charge is 0.492 e. The zero-order valence-corrected chi connectivity index (χ0v) is 19.7. The minimum Gasteiger partial charge on any atom is -0.492 e. The van der Waals surface area contributed by atoms with Crippen molar-refractivity contribution in [1.29, 1.82) is 0 Å². The maximum Gasteiger partial charge on any atom is 0.211 e. The Hall–Kier alpha value is -2.09. The fraction of sp³-hybridized carbons (Fsp3) is 0.500. The number of benzene rings is 2. The van der Waals surface area contributed by atoms with Crippen LogP contribution in [-0.4, -0.2) is 46.0 Å². The van der Waals surface area contributed by atoms with E-state index in [0.29, 0.717) is 12.2 Å². The van der Waals surface area contributed by atoms with Crippen LogP contribution in [0.5, 0.6) is 11.5 Å². The van der Waals surface area contributed by atoms with Crippen molar-refractivity contribution >= 4 is 10.0 Å². The molecule has 3 rings (SSSR count). The molecule has 6 nitrogen and oxygen atoms in total. The fourth-order valence-electron chi connectivity index (χ4n) is 4.36. The highest BCUT2D eigenvalue weighted by Crippen LogP contribution is 2.44. The molecule has 0 unspecified atom stereocenters.